The van der Waals surface area contributed by atoms with Crippen LogP contribution in [0.2, 0.25) is 0 Å². The number of benzene rings is 1. The monoisotopic (exact) mass is 315 g/mol. The van der Waals surface area contributed by atoms with Gasteiger partial charge in [0.25, 0.3) is 5.91 Å². The molecule has 0 unspecified atom stereocenters. The summed E-state index contributed by atoms with van der Waals surface area (Å²) in [6.07, 6.45) is 0.672. The van der Waals surface area contributed by atoms with Gasteiger partial charge >= 0.3 is 0 Å². The molecule has 1 saturated heterocycles. The molecule has 122 valence electrons. The third-order valence-electron chi connectivity index (χ3n) is 4.16. The number of nitrogens with one attached hydrogen (secondary N) is 2. The maximum atomic E-state index is 12.1. The van der Waals surface area contributed by atoms with Crippen LogP contribution in [0.5, 0.6) is 0 Å². The highest BCUT2D eigenvalue weighted by Crippen LogP contribution is 2.19. The Morgan fingerprint density at radius 1 is 1.13 bits per heavy atom. The maximum Gasteiger partial charge on any atom is 0.271 e. The highest BCUT2D eigenvalue weighted by Gasteiger charge is 2.18. The Hall–Kier alpha value is -2.41. The minimum Gasteiger partial charge on any atom is -0.369 e. The summed E-state index contributed by atoms with van der Waals surface area (Å²) in [4.78, 5) is 27.8. The molecular weight excluding hydrogens is 294 g/mol. The van der Waals surface area contributed by atoms with Gasteiger partial charge in [0, 0.05) is 50.4 Å². The van der Waals surface area contributed by atoms with Crippen molar-refractivity contribution in [1.29, 1.82) is 0 Å². The van der Waals surface area contributed by atoms with E-state index in [2.05, 4.69) is 32.7 Å². The molecule has 3 rings (SSSR count). The van der Waals surface area contributed by atoms with Crippen molar-refractivity contribution >= 4 is 28.9 Å². The van der Waals surface area contributed by atoms with Crippen LogP contribution in [0.4, 0.5) is 11.4 Å². The fraction of sp³-hybridized carbons (Fsp3) is 0.438. The molecule has 7 heteroatoms. The average Bonchev–Trinajstić information content (AvgIpc) is 2.57. The number of amides is 2. The Labute approximate surface area is 135 Å². The van der Waals surface area contributed by atoms with Crippen molar-refractivity contribution in [3.63, 3.8) is 0 Å². The second kappa shape index (κ2) is 6.78. The molecular formula is C16H21N5O2. The number of likely N-dealkylation sites (N-methyl/N-ethyl adjacent to an activating group) is 1. The number of hydrazone groups is 1. The molecule has 0 bridgehead atoms. The van der Waals surface area contributed by atoms with Gasteiger partial charge in [-0.3, -0.25) is 9.59 Å². The third-order valence-corrected chi connectivity index (χ3v) is 4.16. The van der Waals surface area contributed by atoms with Crippen LogP contribution in [0.1, 0.15) is 12.8 Å². The summed E-state index contributed by atoms with van der Waals surface area (Å²) in [6.45, 7) is 4.14. The molecule has 2 aliphatic heterocycles. The molecule has 0 aromatic heterocycles. The number of rotatable bonds is 3. The van der Waals surface area contributed by atoms with Crippen molar-refractivity contribution in [2.45, 2.75) is 12.8 Å². The van der Waals surface area contributed by atoms with E-state index in [0.29, 0.717) is 18.6 Å². The van der Waals surface area contributed by atoms with Crippen molar-refractivity contribution in [2.75, 3.05) is 43.4 Å². The van der Waals surface area contributed by atoms with Crippen LogP contribution >= 0.6 is 0 Å². The molecule has 7 nitrogen and oxygen atoms in total. The van der Waals surface area contributed by atoms with Gasteiger partial charge in [-0.1, -0.05) is 0 Å². The van der Waals surface area contributed by atoms with Gasteiger partial charge in [-0.05, 0) is 31.3 Å². The van der Waals surface area contributed by atoms with Crippen LogP contribution < -0.4 is 15.6 Å². The lowest BCUT2D eigenvalue weighted by molar-refractivity contribution is -0.121. The van der Waals surface area contributed by atoms with Crippen LogP contribution in [-0.4, -0.2) is 55.7 Å². The van der Waals surface area contributed by atoms with Gasteiger partial charge in [0.2, 0.25) is 5.91 Å². The van der Waals surface area contributed by atoms with E-state index in [1.807, 2.05) is 24.3 Å². The molecule has 1 aromatic rings. The number of piperazine rings is 1. The highest BCUT2D eigenvalue weighted by atomic mass is 16.2. The van der Waals surface area contributed by atoms with Gasteiger partial charge < -0.3 is 15.1 Å². The predicted molar refractivity (Wildman–Crippen MR) is 89.6 cm³/mol. The third kappa shape index (κ3) is 3.87. The Morgan fingerprint density at radius 2 is 1.83 bits per heavy atom. The standard InChI is InChI=1S/C16H21N5O2/c1-20-8-10-21(11-9-20)13-4-2-12(3-5-13)17-16(23)14-6-7-15(22)19-18-14/h2-5H,6-11H2,1H3,(H,17,23)(H,19,22). The summed E-state index contributed by atoms with van der Waals surface area (Å²) in [5.41, 5.74) is 4.58. The van der Waals surface area contributed by atoms with E-state index < -0.39 is 0 Å². The number of hydrogen-bond acceptors (Lipinski definition) is 5. The molecule has 0 spiro atoms. The first-order valence-corrected chi connectivity index (χ1v) is 7.82. The fourth-order valence-corrected chi connectivity index (χ4v) is 2.66. The molecule has 0 radical (unpaired) electrons. The number of nitrogens with zero attached hydrogens (tertiary/aromatic N) is 3. The van der Waals surface area contributed by atoms with Crippen molar-refractivity contribution in [3.8, 4) is 0 Å². The minimum absolute atomic E-state index is 0.155. The lowest BCUT2D eigenvalue weighted by Gasteiger charge is -2.34. The lowest BCUT2D eigenvalue weighted by Crippen LogP contribution is -2.44. The summed E-state index contributed by atoms with van der Waals surface area (Å²) in [5.74, 6) is -0.421. The summed E-state index contributed by atoms with van der Waals surface area (Å²) in [5, 5.41) is 6.61. The Bertz CT molecular complexity index is 618. The van der Waals surface area contributed by atoms with Crippen LogP contribution in [0.15, 0.2) is 29.4 Å². The molecule has 2 aliphatic rings. The van der Waals surface area contributed by atoms with Gasteiger partial charge in [-0.2, -0.15) is 5.10 Å². The van der Waals surface area contributed by atoms with Crippen molar-refractivity contribution in [2.24, 2.45) is 5.10 Å². The molecule has 2 N–H and O–H groups in total. The molecule has 1 aromatic carbocycles. The highest BCUT2D eigenvalue weighted by molar-refractivity contribution is 6.43. The number of carbonyl (C=O) groups excluding carboxylic acids is 2. The molecule has 23 heavy (non-hydrogen) atoms. The zero-order valence-corrected chi connectivity index (χ0v) is 13.2. The number of carbonyl (C=O) groups is 2. The van der Waals surface area contributed by atoms with E-state index >= 15 is 0 Å². The summed E-state index contributed by atoms with van der Waals surface area (Å²) < 4.78 is 0. The van der Waals surface area contributed by atoms with E-state index in [0.717, 1.165) is 31.9 Å². The van der Waals surface area contributed by atoms with Crippen LogP contribution in [0, 0.1) is 0 Å². The largest absolute Gasteiger partial charge is 0.369 e. The molecule has 2 amide bonds. The predicted octanol–water partition coefficient (Wildman–Crippen LogP) is 0.643. The first kappa shape index (κ1) is 15.5. The first-order valence-electron chi connectivity index (χ1n) is 7.82. The lowest BCUT2D eigenvalue weighted by atomic mass is 10.1. The Morgan fingerprint density at radius 3 is 2.43 bits per heavy atom. The number of anilines is 2. The first-order chi connectivity index (χ1) is 11.1. The molecule has 0 aliphatic carbocycles. The summed E-state index contributed by atoms with van der Waals surface area (Å²) in [7, 11) is 2.13. The van der Waals surface area contributed by atoms with Crippen molar-refractivity contribution < 1.29 is 9.59 Å². The van der Waals surface area contributed by atoms with Crippen LogP contribution in [-0.2, 0) is 9.59 Å². The van der Waals surface area contributed by atoms with E-state index in [1.165, 1.54) is 5.69 Å². The van der Waals surface area contributed by atoms with Gasteiger partial charge in [-0.25, -0.2) is 5.43 Å². The topological polar surface area (TPSA) is 77.0 Å². The molecule has 1 fully saturated rings. The van der Waals surface area contributed by atoms with E-state index in [4.69, 9.17) is 0 Å². The van der Waals surface area contributed by atoms with Gasteiger partial charge in [0.15, 0.2) is 0 Å². The van der Waals surface area contributed by atoms with Gasteiger partial charge in [0.1, 0.15) is 5.71 Å². The van der Waals surface area contributed by atoms with Gasteiger partial charge in [-0.15, -0.1) is 0 Å². The van der Waals surface area contributed by atoms with Crippen LogP contribution in [0.3, 0.4) is 0 Å². The normalized spacial score (nSPS) is 19.1. The van der Waals surface area contributed by atoms with E-state index in [-0.39, 0.29) is 11.8 Å². The summed E-state index contributed by atoms with van der Waals surface area (Å²) >= 11 is 0. The fourth-order valence-electron chi connectivity index (χ4n) is 2.66. The van der Waals surface area contributed by atoms with Crippen molar-refractivity contribution in [1.82, 2.24) is 10.3 Å². The van der Waals surface area contributed by atoms with E-state index in [1.54, 1.807) is 0 Å². The SMILES string of the molecule is CN1CCN(c2ccc(NC(=O)C3=NNC(=O)CC3)cc2)CC1. The molecule has 0 atom stereocenters. The zero-order valence-electron chi connectivity index (χ0n) is 13.2. The number of hydrogen-bond donors (Lipinski definition) is 2. The molecule has 2 heterocycles. The average molecular weight is 315 g/mol. The van der Waals surface area contributed by atoms with Crippen molar-refractivity contribution in [3.05, 3.63) is 24.3 Å². The van der Waals surface area contributed by atoms with Crippen LogP contribution in [0.25, 0.3) is 0 Å². The van der Waals surface area contributed by atoms with E-state index in [9.17, 15) is 9.59 Å². The molecule has 0 saturated carbocycles. The Balaban J connectivity index is 1.59. The second-order valence-electron chi connectivity index (χ2n) is 5.88. The quantitative estimate of drug-likeness (QED) is 0.858. The Kier molecular flexibility index (Phi) is 4.57. The minimum atomic E-state index is -0.266. The second-order valence-corrected chi connectivity index (χ2v) is 5.88. The maximum absolute atomic E-state index is 12.1. The zero-order chi connectivity index (χ0) is 16.2. The smallest absolute Gasteiger partial charge is 0.271 e. The van der Waals surface area contributed by atoms with Gasteiger partial charge in [0.05, 0.1) is 0 Å². The summed E-state index contributed by atoms with van der Waals surface area (Å²) in [6, 6.07) is 7.83.